The van der Waals surface area contributed by atoms with E-state index >= 15 is 0 Å². The van der Waals surface area contributed by atoms with Crippen LogP contribution in [0.3, 0.4) is 0 Å². The number of nitrogens with zero attached hydrogens (tertiary/aromatic N) is 1. The number of carboxylic acid groups (broad SMARTS) is 1. The highest BCUT2D eigenvalue weighted by Crippen LogP contribution is 2.44. The number of carboxylic acids is 1. The molecule has 10 heteroatoms. The smallest absolute Gasteiger partial charge is 0.412 e. The van der Waals surface area contributed by atoms with E-state index in [9.17, 15) is 14.4 Å². The Labute approximate surface area is 176 Å². The van der Waals surface area contributed by atoms with Gasteiger partial charge in [-0.3, -0.25) is 20.0 Å². The number of hydrogen-bond acceptors (Lipinski definition) is 6. The van der Waals surface area contributed by atoms with Gasteiger partial charge in [-0.2, -0.15) is 5.10 Å². The van der Waals surface area contributed by atoms with E-state index in [1.165, 1.54) is 6.07 Å². The van der Waals surface area contributed by atoms with Crippen molar-refractivity contribution in [3.8, 4) is 11.1 Å². The van der Waals surface area contributed by atoms with Crippen LogP contribution in [-0.4, -0.2) is 46.5 Å². The Hall–Kier alpha value is -4.18. The highest BCUT2D eigenvalue weighted by molar-refractivity contribution is 5.93. The van der Waals surface area contributed by atoms with Gasteiger partial charge in [0.15, 0.2) is 12.4 Å². The molecule has 1 heterocycles. The number of aliphatic carboxylic acids is 1. The van der Waals surface area contributed by atoms with E-state index in [1.54, 1.807) is 0 Å². The van der Waals surface area contributed by atoms with Crippen molar-refractivity contribution >= 4 is 23.8 Å². The van der Waals surface area contributed by atoms with E-state index in [0.29, 0.717) is 0 Å². The van der Waals surface area contributed by atoms with Gasteiger partial charge in [0.25, 0.3) is 5.91 Å². The molecule has 0 fully saturated rings. The fraction of sp³-hybridized carbons (Fsp3) is 0.143. The van der Waals surface area contributed by atoms with Crippen molar-refractivity contribution < 1.29 is 29.1 Å². The number of aromatic nitrogens is 2. The monoisotopic (exact) mass is 422 g/mol. The van der Waals surface area contributed by atoms with Gasteiger partial charge in [0.05, 0.1) is 0 Å². The summed E-state index contributed by atoms with van der Waals surface area (Å²) >= 11 is 0. The SMILES string of the molecule is O=C(O)CONC(=O)c1cc(NC(=O)OCC2c3ccccc3-c3ccccc32)n[nH]1. The van der Waals surface area contributed by atoms with Gasteiger partial charge in [-0.1, -0.05) is 48.5 Å². The number of rotatable bonds is 7. The molecule has 0 saturated heterocycles. The molecule has 0 radical (unpaired) electrons. The zero-order valence-electron chi connectivity index (χ0n) is 16.1. The van der Waals surface area contributed by atoms with Crippen molar-refractivity contribution in [3.63, 3.8) is 0 Å². The maximum absolute atomic E-state index is 12.2. The van der Waals surface area contributed by atoms with Gasteiger partial charge in [0.2, 0.25) is 0 Å². The highest BCUT2D eigenvalue weighted by atomic mass is 16.7. The van der Waals surface area contributed by atoms with E-state index in [1.807, 2.05) is 54.0 Å². The van der Waals surface area contributed by atoms with E-state index < -0.39 is 24.6 Å². The summed E-state index contributed by atoms with van der Waals surface area (Å²) in [6, 6.07) is 17.3. The van der Waals surface area contributed by atoms with Crippen molar-refractivity contribution in [2.75, 3.05) is 18.5 Å². The molecule has 1 aliphatic rings. The van der Waals surface area contributed by atoms with Gasteiger partial charge in [-0.15, -0.1) is 0 Å². The summed E-state index contributed by atoms with van der Waals surface area (Å²) in [5, 5.41) is 17.1. The van der Waals surface area contributed by atoms with Crippen LogP contribution < -0.4 is 10.8 Å². The molecule has 0 unspecified atom stereocenters. The van der Waals surface area contributed by atoms with Gasteiger partial charge in [-0.05, 0) is 22.3 Å². The molecule has 158 valence electrons. The summed E-state index contributed by atoms with van der Waals surface area (Å²) in [5.74, 6) is -1.98. The largest absolute Gasteiger partial charge is 0.479 e. The number of carbonyl (C=O) groups is 3. The molecule has 0 bridgehead atoms. The second kappa shape index (κ2) is 8.67. The molecule has 0 saturated carbocycles. The van der Waals surface area contributed by atoms with Gasteiger partial charge >= 0.3 is 12.1 Å². The summed E-state index contributed by atoms with van der Waals surface area (Å²) in [6.07, 6.45) is -0.720. The fourth-order valence-electron chi connectivity index (χ4n) is 3.46. The minimum absolute atomic E-state index is 0.0284. The van der Waals surface area contributed by atoms with E-state index in [0.717, 1.165) is 22.3 Å². The lowest BCUT2D eigenvalue weighted by molar-refractivity contribution is -0.144. The van der Waals surface area contributed by atoms with Gasteiger partial charge in [0, 0.05) is 12.0 Å². The highest BCUT2D eigenvalue weighted by Gasteiger charge is 2.29. The lowest BCUT2D eigenvalue weighted by Crippen LogP contribution is -2.26. The second-order valence-corrected chi connectivity index (χ2v) is 6.73. The third-order valence-corrected chi connectivity index (χ3v) is 4.76. The number of hydrogen-bond donors (Lipinski definition) is 4. The predicted molar refractivity (Wildman–Crippen MR) is 108 cm³/mol. The number of nitrogens with one attached hydrogen (secondary N) is 3. The minimum atomic E-state index is -1.23. The van der Waals surface area contributed by atoms with Crippen molar-refractivity contribution in [3.05, 3.63) is 71.4 Å². The third kappa shape index (κ3) is 4.38. The zero-order chi connectivity index (χ0) is 21.8. The number of hydroxylamine groups is 1. The third-order valence-electron chi connectivity index (χ3n) is 4.76. The molecule has 0 aliphatic heterocycles. The fourth-order valence-corrected chi connectivity index (χ4v) is 3.46. The predicted octanol–water partition coefficient (Wildman–Crippen LogP) is 2.52. The first-order valence-corrected chi connectivity index (χ1v) is 9.34. The van der Waals surface area contributed by atoms with Crippen molar-refractivity contribution in [1.82, 2.24) is 15.7 Å². The second-order valence-electron chi connectivity index (χ2n) is 6.73. The first-order valence-electron chi connectivity index (χ1n) is 9.34. The molecule has 1 aromatic heterocycles. The first-order chi connectivity index (χ1) is 15.0. The van der Waals surface area contributed by atoms with Gasteiger partial charge < -0.3 is 9.84 Å². The van der Waals surface area contributed by atoms with Gasteiger partial charge in [-0.25, -0.2) is 15.1 Å². The van der Waals surface area contributed by atoms with Crippen LogP contribution in [0.1, 0.15) is 27.5 Å². The zero-order valence-corrected chi connectivity index (χ0v) is 16.1. The average Bonchev–Trinajstić information content (AvgIpc) is 3.35. The number of fused-ring (bicyclic) bond motifs is 3. The minimum Gasteiger partial charge on any atom is -0.479 e. The Bertz CT molecular complexity index is 1100. The van der Waals surface area contributed by atoms with E-state index in [-0.39, 0.29) is 24.0 Å². The topological polar surface area (TPSA) is 143 Å². The van der Waals surface area contributed by atoms with Crippen LogP contribution >= 0.6 is 0 Å². The maximum Gasteiger partial charge on any atom is 0.412 e. The van der Waals surface area contributed by atoms with Crippen LogP contribution in [-0.2, 0) is 14.4 Å². The maximum atomic E-state index is 12.2. The molecule has 4 N–H and O–H groups in total. The van der Waals surface area contributed by atoms with Crippen molar-refractivity contribution in [2.45, 2.75) is 5.92 Å². The molecule has 3 aromatic rings. The summed E-state index contributed by atoms with van der Waals surface area (Å²) in [7, 11) is 0. The Kier molecular flexibility index (Phi) is 5.63. The van der Waals surface area contributed by atoms with Crippen molar-refractivity contribution in [2.24, 2.45) is 0 Å². The molecular weight excluding hydrogens is 404 g/mol. The molecule has 31 heavy (non-hydrogen) atoms. The number of aromatic amines is 1. The van der Waals surface area contributed by atoms with Crippen LogP contribution in [0.5, 0.6) is 0 Å². The summed E-state index contributed by atoms with van der Waals surface area (Å²) in [6.45, 7) is -0.550. The van der Waals surface area contributed by atoms with Crippen LogP contribution in [0.25, 0.3) is 11.1 Å². The quantitative estimate of drug-likeness (QED) is 0.429. The summed E-state index contributed by atoms with van der Waals surface area (Å²) in [5.41, 5.74) is 6.35. The van der Waals surface area contributed by atoms with E-state index in [4.69, 9.17) is 9.84 Å². The van der Waals surface area contributed by atoms with E-state index in [2.05, 4.69) is 20.4 Å². The molecule has 1 aliphatic carbocycles. The Morgan fingerprint density at radius 2 is 1.68 bits per heavy atom. The average molecular weight is 422 g/mol. The van der Waals surface area contributed by atoms with Crippen LogP contribution in [0.2, 0.25) is 0 Å². The number of benzene rings is 2. The lowest BCUT2D eigenvalue weighted by Gasteiger charge is -2.14. The Morgan fingerprint density at radius 1 is 1.03 bits per heavy atom. The standard InChI is InChI=1S/C21H18N4O6/c26-19(27)11-31-25-20(28)17-9-18(24-23-17)22-21(29)30-10-16-14-7-3-1-5-12(14)13-6-2-4-8-15(13)16/h1-9,16H,10-11H2,(H,25,28)(H,26,27)(H2,22,23,24,29). The molecule has 10 nitrogen and oxygen atoms in total. The van der Waals surface area contributed by atoms with Crippen LogP contribution in [0.15, 0.2) is 54.6 Å². The summed E-state index contributed by atoms with van der Waals surface area (Å²) in [4.78, 5) is 38.9. The first kappa shape index (κ1) is 20.1. The molecule has 4 rings (SSSR count). The summed E-state index contributed by atoms with van der Waals surface area (Å²) < 4.78 is 5.41. The molecule has 2 amide bonds. The Balaban J connectivity index is 1.35. The van der Waals surface area contributed by atoms with Crippen molar-refractivity contribution in [1.29, 1.82) is 0 Å². The Morgan fingerprint density at radius 3 is 2.32 bits per heavy atom. The number of amides is 2. The lowest BCUT2D eigenvalue weighted by atomic mass is 9.98. The molecular formula is C21H18N4O6. The number of anilines is 1. The number of carbonyl (C=O) groups excluding carboxylic acids is 2. The van der Waals surface area contributed by atoms with Crippen LogP contribution in [0, 0.1) is 0 Å². The van der Waals surface area contributed by atoms with Gasteiger partial charge in [0.1, 0.15) is 12.3 Å². The molecule has 0 spiro atoms. The molecule has 2 aromatic carbocycles. The number of ether oxygens (including phenoxy) is 1. The van der Waals surface area contributed by atoms with Crippen LogP contribution in [0.4, 0.5) is 10.6 Å². The normalized spacial score (nSPS) is 12.0. The number of H-pyrrole nitrogens is 1. The molecule has 0 atom stereocenters.